The van der Waals surface area contributed by atoms with E-state index in [9.17, 15) is 18.9 Å². The molecule has 2 rings (SSSR count). The van der Waals surface area contributed by atoms with Crippen LogP contribution in [-0.4, -0.2) is 14.5 Å². The number of alkyl halides is 2. The third kappa shape index (κ3) is 3.15. The van der Waals surface area contributed by atoms with Gasteiger partial charge in [0.25, 0.3) is 5.69 Å². The molecular formula is C12H12F2N4O2. The van der Waals surface area contributed by atoms with Crippen LogP contribution < -0.4 is 5.32 Å². The number of hydrogen-bond acceptors (Lipinski definition) is 4. The van der Waals surface area contributed by atoms with Crippen molar-refractivity contribution in [2.75, 3.05) is 0 Å². The van der Waals surface area contributed by atoms with Crippen LogP contribution in [0.15, 0.2) is 36.7 Å². The minimum Gasteiger partial charge on any atom is -0.306 e. The van der Waals surface area contributed by atoms with E-state index in [1.165, 1.54) is 18.5 Å². The number of halogens is 2. The summed E-state index contributed by atoms with van der Waals surface area (Å²) in [6.45, 7) is -2.35. The maximum atomic E-state index is 12.6. The van der Waals surface area contributed by atoms with Gasteiger partial charge in [0.15, 0.2) is 0 Å². The molecule has 20 heavy (non-hydrogen) atoms. The number of nitrogens with zero attached hydrogens (tertiary/aromatic N) is 3. The van der Waals surface area contributed by atoms with Crippen molar-refractivity contribution >= 4 is 5.69 Å². The molecule has 0 saturated carbocycles. The third-order valence-electron chi connectivity index (χ3n) is 2.75. The van der Waals surface area contributed by atoms with Gasteiger partial charge in [-0.2, -0.15) is 8.78 Å². The van der Waals surface area contributed by atoms with Crippen LogP contribution in [-0.2, 0) is 13.1 Å². The maximum Gasteiger partial charge on any atom is 0.319 e. The Morgan fingerprint density at radius 3 is 2.80 bits per heavy atom. The van der Waals surface area contributed by atoms with Crippen LogP contribution in [0.3, 0.4) is 0 Å². The molecule has 6 nitrogen and oxygen atoms in total. The van der Waals surface area contributed by atoms with Crippen molar-refractivity contribution in [3.63, 3.8) is 0 Å². The number of imidazole rings is 1. The number of nitrogens with one attached hydrogen (secondary N) is 1. The van der Waals surface area contributed by atoms with Gasteiger partial charge >= 0.3 is 6.55 Å². The third-order valence-corrected chi connectivity index (χ3v) is 2.75. The maximum absolute atomic E-state index is 12.6. The smallest absolute Gasteiger partial charge is 0.306 e. The molecule has 0 amide bonds. The standard InChI is InChI=1S/C12H12F2N4O2/c13-12(14)17-6-5-16-11(17)8-15-7-9-3-1-2-4-10(9)18(19)20/h1-6,12,15H,7-8H2. The Hall–Kier alpha value is -2.35. The van der Waals surface area contributed by atoms with Gasteiger partial charge in [0.2, 0.25) is 0 Å². The first kappa shape index (κ1) is 14.1. The molecule has 0 aliphatic carbocycles. The van der Waals surface area contributed by atoms with Crippen molar-refractivity contribution in [1.82, 2.24) is 14.9 Å². The second-order valence-corrected chi connectivity index (χ2v) is 4.02. The van der Waals surface area contributed by atoms with Crippen LogP contribution in [0.1, 0.15) is 17.9 Å². The van der Waals surface area contributed by atoms with E-state index in [0.717, 1.165) is 4.57 Å². The van der Waals surface area contributed by atoms with E-state index in [1.807, 2.05) is 0 Å². The van der Waals surface area contributed by atoms with E-state index in [0.29, 0.717) is 5.56 Å². The molecule has 2 aromatic rings. The van der Waals surface area contributed by atoms with Crippen LogP contribution in [0.5, 0.6) is 0 Å². The first-order chi connectivity index (χ1) is 9.59. The minimum absolute atomic E-state index is 0.00259. The van der Waals surface area contributed by atoms with Gasteiger partial charge in [0.05, 0.1) is 11.5 Å². The largest absolute Gasteiger partial charge is 0.319 e. The molecule has 0 radical (unpaired) electrons. The zero-order chi connectivity index (χ0) is 14.5. The SMILES string of the molecule is O=[N+]([O-])c1ccccc1CNCc1nccn1C(F)F. The Bertz CT molecular complexity index is 601. The van der Waals surface area contributed by atoms with Crippen molar-refractivity contribution in [1.29, 1.82) is 0 Å². The van der Waals surface area contributed by atoms with Gasteiger partial charge in [-0.15, -0.1) is 0 Å². The van der Waals surface area contributed by atoms with Gasteiger partial charge in [-0.05, 0) is 0 Å². The molecule has 0 saturated heterocycles. The molecule has 0 atom stereocenters. The lowest BCUT2D eigenvalue weighted by atomic mass is 10.2. The molecular weight excluding hydrogens is 270 g/mol. The van der Waals surface area contributed by atoms with Gasteiger partial charge in [0, 0.05) is 30.6 Å². The molecule has 0 spiro atoms. The molecule has 0 fully saturated rings. The van der Waals surface area contributed by atoms with E-state index in [-0.39, 0.29) is 24.6 Å². The van der Waals surface area contributed by atoms with E-state index in [4.69, 9.17) is 0 Å². The van der Waals surface area contributed by atoms with Gasteiger partial charge < -0.3 is 5.32 Å². The summed E-state index contributed by atoms with van der Waals surface area (Å²) < 4.78 is 25.9. The lowest BCUT2D eigenvalue weighted by Gasteiger charge is -2.08. The lowest BCUT2D eigenvalue weighted by molar-refractivity contribution is -0.385. The molecule has 1 N–H and O–H groups in total. The summed E-state index contributed by atoms with van der Waals surface area (Å²) in [4.78, 5) is 14.2. The summed E-state index contributed by atoms with van der Waals surface area (Å²) in [5, 5.41) is 13.7. The average molecular weight is 282 g/mol. The fourth-order valence-corrected chi connectivity index (χ4v) is 1.81. The molecule has 106 valence electrons. The Morgan fingerprint density at radius 2 is 2.10 bits per heavy atom. The van der Waals surface area contributed by atoms with Crippen LogP contribution in [0.4, 0.5) is 14.5 Å². The molecule has 0 bridgehead atoms. The van der Waals surface area contributed by atoms with E-state index in [1.54, 1.807) is 18.2 Å². The number of nitro groups is 1. The summed E-state index contributed by atoms with van der Waals surface area (Å²) in [7, 11) is 0. The second kappa shape index (κ2) is 6.20. The van der Waals surface area contributed by atoms with Gasteiger partial charge in [-0.3, -0.25) is 14.7 Å². The normalized spacial score (nSPS) is 10.9. The Kier molecular flexibility index (Phi) is 4.36. The van der Waals surface area contributed by atoms with E-state index in [2.05, 4.69) is 10.3 Å². The summed E-state index contributed by atoms with van der Waals surface area (Å²) >= 11 is 0. The fourth-order valence-electron chi connectivity index (χ4n) is 1.81. The van der Waals surface area contributed by atoms with Gasteiger partial charge in [0.1, 0.15) is 5.82 Å². The molecule has 1 heterocycles. The molecule has 1 aromatic carbocycles. The van der Waals surface area contributed by atoms with Crippen LogP contribution in [0, 0.1) is 10.1 Å². The molecule has 0 aliphatic rings. The topological polar surface area (TPSA) is 73.0 Å². The quantitative estimate of drug-likeness (QED) is 0.652. The highest BCUT2D eigenvalue weighted by molar-refractivity contribution is 5.39. The van der Waals surface area contributed by atoms with Crippen molar-refractivity contribution in [3.05, 3.63) is 58.2 Å². The predicted octanol–water partition coefficient (Wildman–Crippen LogP) is 2.48. The number of hydrogen-bond donors (Lipinski definition) is 1. The van der Waals surface area contributed by atoms with E-state index < -0.39 is 11.5 Å². The first-order valence-electron chi connectivity index (χ1n) is 5.82. The van der Waals surface area contributed by atoms with Crippen molar-refractivity contribution < 1.29 is 13.7 Å². The van der Waals surface area contributed by atoms with Crippen LogP contribution in [0.25, 0.3) is 0 Å². The summed E-state index contributed by atoms with van der Waals surface area (Å²) in [5.41, 5.74) is 0.491. The molecule has 0 aliphatic heterocycles. The molecule has 0 unspecified atom stereocenters. The highest BCUT2D eigenvalue weighted by atomic mass is 19.3. The molecule has 1 aromatic heterocycles. The Labute approximate surface area is 113 Å². The van der Waals surface area contributed by atoms with Crippen molar-refractivity contribution in [2.24, 2.45) is 0 Å². The number of para-hydroxylation sites is 1. The van der Waals surface area contributed by atoms with Gasteiger partial charge in [-0.25, -0.2) is 4.98 Å². The lowest BCUT2D eigenvalue weighted by Crippen LogP contribution is -2.17. The monoisotopic (exact) mass is 282 g/mol. The number of rotatable bonds is 6. The Morgan fingerprint density at radius 1 is 1.35 bits per heavy atom. The zero-order valence-corrected chi connectivity index (χ0v) is 10.4. The number of nitro benzene ring substituents is 1. The van der Waals surface area contributed by atoms with Gasteiger partial charge in [-0.1, -0.05) is 18.2 Å². The number of aromatic nitrogens is 2. The summed E-state index contributed by atoms with van der Waals surface area (Å²) in [6, 6.07) is 6.27. The summed E-state index contributed by atoms with van der Waals surface area (Å²) in [5.74, 6) is 0.179. The van der Waals surface area contributed by atoms with Crippen LogP contribution in [0.2, 0.25) is 0 Å². The van der Waals surface area contributed by atoms with Crippen molar-refractivity contribution in [3.8, 4) is 0 Å². The first-order valence-corrected chi connectivity index (χ1v) is 5.82. The van der Waals surface area contributed by atoms with E-state index >= 15 is 0 Å². The average Bonchev–Trinajstić information content (AvgIpc) is 2.87. The van der Waals surface area contributed by atoms with Crippen molar-refractivity contribution in [2.45, 2.75) is 19.6 Å². The minimum atomic E-state index is -2.65. The fraction of sp³-hybridized carbons (Fsp3) is 0.250. The van der Waals surface area contributed by atoms with Crippen LogP contribution >= 0.6 is 0 Å². The molecule has 8 heteroatoms. The summed E-state index contributed by atoms with van der Waals surface area (Å²) in [6.07, 6.45) is 2.47. The highest BCUT2D eigenvalue weighted by Crippen LogP contribution is 2.17. The Balaban J connectivity index is 2.00. The highest BCUT2D eigenvalue weighted by Gasteiger charge is 2.13. The predicted molar refractivity (Wildman–Crippen MR) is 67.1 cm³/mol. The number of benzene rings is 1. The second-order valence-electron chi connectivity index (χ2n) is 4.02. The zero-order valence-electron chi connectivity index (χ0n) is 10.4.